The maximum absolute atomic E-state index is 13.3. The van der Waals surface area contributed by atoms with Crippen LogP contribution in [0.4, 0.5) is 15.3 Å². The minimum Gasteiger partial charge on any atom is -0.437 e. The lowest BCUT2D eigenvalue weighted by atomic mass is 9.78. The maximum atomic E-state index is 13.3. The van der Waals surface area contributed by atoms with Crippen LogP contribution in [0.2, 0.25) is 0 Å². The highest BCUT2D eigenvalue weighted by atomic mass is 127. The van der Waals surface area contributed by atoms with Crippen LogP contribution in [-0.4, -0.2) is 36.9 Å². The molecule has 38 heavy (non-hydrogen) atoms. The first kappa shape index (κ1) is 29.0. The van der Waals surface area contributed by atoms with Crippen LogP contribution in [0.15, 0.2) is 47.4 Å². The highest BCUT2D eigenvalue weighted by Gasteiger charge is 2.32. The van der Waals surface area contributed by atoms with Crippen LogP contribution in [0, 0.1) is 0 Å². The van der Waals surface area contributed by atoms with Gasteiger partial charge in [0.15, 0.2) is 23.0 Å². The normalized spacial score (nSPS) is 11.6. The van der Waals surface area contributed by atoms with Crippen LogP contribution in [0.1, 0.15) is 56.1 Å². The molecule has 0 aliphatic heterocycles. The van der Waals surface area contributed by atoms with E-state index in [1.165, 1.54) is 42.4 Å². The third-order valence-corrected chi connectivity index (χ3v) is 6.27. The topological polar surface area (TPSA) is 133 Å². The van der Waals surface area contributed by atoms with Crippen LogP contribution in [0.5, 0.6) is 5.75 Å². The Kier molecular flexibility index (Phi) is 8.70. The van der Waals surface area contributed by atoms with E-state index < -0.39 is 34.5 Å². The molecule has 3 aromatic rings. The van der Waals surface area contributed by atoms with Gasteiger partial charge in [0, 0.05) is 39.8 Å². The first-order chi connectivity index (χ1) is 17.8. The fourth-order valence-electron chi connectivity index (χ4n) is 3.91. The molecule has 0 atom stereocenters. The second kappa shape index (κ2) is 11.4. The molecular weight excluding hydrogens is 607 g/mol. The molecule has 0 unspecified atom stereocenters. The number of rotatable bonds is 6. The van der Waals surface area contributed by atoms with Crippen molar-refractivity contribution in [3.63, 3.8) is 0 Å². The summed E-state index contributed by atoms with van der Waals surface area (Å²) in [6.07, 6.45) is -0.472. The number of carbonyl (C=O) groups excluding carboxylic acids is 3. The van der Waals surface area contributed by atoms with Gasteiger partial charge in [0.2, 0.25) is 5.43 Å². The summed E-state index contributed by atoms with van der Waals surface area (Å²) < 4.78 is 19.8. The molecule has 2 aromatic carbocycles. The van der Waals surface area contributed by atoms with E-state index in [9.17, 15) is 19.2 Å². The van der Waals surface area contributed by atoms with Crippen molar-refractivity contribution in [1.29, 1.82) is 0 Å². The number of ether oxygens (including phenoxy) is 3. The van der Waals surface area contributed by atoms with E-state index in [-0.39, 0.29) is 17.9 Å². The molecule has 0 radical (unpaired) electrons. The summed E-state index contributed by atoms with van der Waals surface area (Å²) in [6.45, 7) is 9.35. The van der Waals surface area contributed by atoms with Crippen LogP contribution in [0.25, 0.3) is 10.9 Å². The van der Waals surface area contributed by atoms with E-state index >= 15 is 0 Å². The molecule has 11 heteroatoms. The first-order valence-corrected chi connectivity index (χ1v) is 12.5. The number of anilines is 1. The number of hydrogen-bond acceptors (Lipinski definition) is 8. The molecule has 0 saturated heterocycles. The Balaban J connectivity index is 2.13. The molecule has 1 aromatic heterocycles. The zero-order valence-electron chi connectivity index (χ0n) is 21.9. The van der Waals surface area contributed by atoms with Crippen molar-refractivity contribution >= 4 is 57.8 Å². The summed E-state index contributed by atoms with van der Waals surface area (Å²) in [6, 6.07) is 10.2. The van der Waals surface area contributed by atoms with Gasteiger partial charge in [-0.1, -0.05) is 46.8 Å². The van der Waals surface area contributed by atoms with Gasteiger partial charge in [-0.25, -0.2) is 9.59 Å². The molecule has 1 heterocycles. The van der Waals surface area contributed by atoms with Gasteiger partial charge in [0.25, 0.3) is 5.91 Å². The number of carbonyl (C=O) groups is 3. The second-order valence-corrected chi connectivity index (χ2v) is 10.7. The molecule has 0 fully saturated rings. The highest BCUT2D eigenvalue weighted by Crippen LogP contribution is 2.41. The van der Waals surface area contributed by atoms with Crippen molar-refractivity contribution < 1.29 is 31.7 Å². The predicted molar refractivity (Wildman–Crippen MR) is 150 cm³/mol. The minimum absolute atomic E-state index is 0.0749. The molecule has 202 valence electrons. The third-order valence-electron chi connectivity index (χ3n) is 5.91. The number of hydrogen-bond donors (Lipinski definition) is 2. The van der Waals surface area contributed by atoms with E-state index in [1.54, 1.807) is 44.2 Å². The van der Waals surface area contributed by atoms with Gasteiger partial charge >= 0.3 is 12.3 Å². The number of H-pyrrole nitrogens is 1. The van der Waals surface area contributed by atoms with Crippen molar-refractivity contribution in [3.8, 4) is 5.75 Å². The van der Waals surface area contributed by atoms with Crippen LogP contribution < -0.4 is 15.5 Å². The lowest BCUT2D eigenvalue weighted by molar-refractivity contribution is 0.0915. The molecular formula is C27H29IN2O8. The van der Waals surface area contributed by atoms with Crippen molar-refractivity contribution in [2.75, 3.05) is 19.0 Å². The molecule has 0 aliphatic carbocycles. The number of fused-ring (bicyclic) bond motifs is 1. The summed E-state index contributed by atoms with van der Waals surface area (Å²) in [5, 5.41) is 3.19. The van der Waals surface area contributed by atoms with Crippen molar-refractivity contribution in [3.05, 3.63) is 69.5 Å². The monoisotopic (exact) mass is 636 g/mol. The van der Waals surface area contributed by atoms with E-state index in [0.717, 1.165) is 0 Å². The Morgan fingerprint density at radius 2 is 1.68 bits per heavy atom. The van der Waals surface area contributed by atoms with E-state index in [1.807, 2.05) is 20.8 Å². The van der Waals surface area contributed by atoms with Crippen molar-refractivity contribution in [1.82, 2.24) is 4.98 Å². The molecule has 0 bridgehead atoms. The van der Waals surface area contributed by atoms with Gasteiger partial charge in [-0.3, -0.25) is 9.59 Å². The number of aromatic amines is 1. The molecule has 0 aliphatic rings. The van der Waals surface area contributed by atoms with Crippen molar-refractivity contribution in [2.45, 2.75) is 45.4 Å². The van der Waals surface area contributed by atoms with Crippen LogP contribution in [-0.2, 0) is 23.4 Å². The van der Waals surface area contributed by atoms with Gasteiger partial charge in [0.05, 0.1) is 7.11 Å². The fourth-order valence-corrected chi connectivity index (χ4v) is 4.04. The minimum atomic E-state index is -0.971. The Morgan fingerprint density at radius 1 is 1.00 bits per heavy atom. The average molecular weight is 636 g/mol. The number of benzene rings is 2. The molecule has 10 nitrogen and oxygen atoms in total. The number of halogens is 1. The number of para-hydroxylation sites is 1. The number of aromatic nitrogens is 1. The number of amides is 1. The molecule has 2 N–H and O–H groups in total. The Labute approximate surface area is 233 Å². The fraction of sp³-hybridized carbons (Fsp3) is 0.333. The van der Waals surface area contributed by atoms with Gasteiger partial charge in [0.1, 0.15) is 17.9 Å². The standard InChI is InChI=1S/C27H29IN2O8/c1-26(2,3)17-11-18(27(4,5)14-36-25(34)38-28)21(37-24(33)35-6)12-20(17)30-23(32)16-13-29-19-10-8-7-9-15(19)22(16)31/h7-13H,14H2,1-6H3,(H,29,31)(H,30,32). The lowest BCUT2D eigenvalue weighted by Crippen LogP contribution is -2.29. The highest BCUT2D eigenvalue weighted by molar-refractivity contribution is 14.1. The summed E-state index contributed by atoms with van der Waals surface area (Å²) in [4.78, 5) is 53.0. The van der Waals surface area contributed by atoms with Crippen molar-refractivity contribution in [2.24, 2.45) is 0 Å². The lowest BCUT2D eigenvalue weighted by Gasteiger charge is -2.31. The van der Waals surface area contributed by atoms with E-state index in [4.69, 9.17) is 9.47 Å². The average Bonchev–Trinajstić information content (AvgIpc) is 2.86. The summed E-state index contributed by atoms with van der Waals surface area (Å²) in [7, 11) is 1.17. The van der Waals surface area contributed by atoms with Crippen LogP contribution in [0.3, 0.4) is 0 Å². The smallest absolute Gasteiger partial charge is 0.437 e. The largest absolute Gasteiger partial charge is 0.518 e. The third kappa shape index (κ3) is 6.44. The summed E-state index contributed by atoms with van der Waals surface area (Å²) >= 11 is 1.42. The van der Waals surface area contributed by atoms with Gasteiger partial charge in [-0.15, -0.1) is 0 Å². The van der Waals surface area contributed by atoms with Gasteiger partial charge in [-0.2, -0.15) is 0 Å². The zero-order chi connectivity index (χ0) is 28.3. The maximum Gasteiger partial charge on any atom is 0.518 e. The quantitative estimate of drug-likeness (QED) is 0.191. The van der Waals surface area contributed by atoms with E-state index in [0.29, 0.717) is 27.7 Å². The molecule has 0 saturated carbocycles. The molecule has 3 rings (SSSR count). The zero-order valence-corrected chi connectivity index (χ0v) is 24.1. The second-order valence-electron chi connectivity index (χ2n) is 10.2. The Morgan fingerprint density at radius 3 is 2.32 bits per heavy atom. The van der Waals surface area contributed by atoms with Gasteiger partial charge in [-0.05, 0) is 29.2 Å². The van der Waals surface area contributed by atoms with Crippen LogP contribution >= 0.6 is 23.0 Å². The molecule has 0 spiro atoms. The summed E-state index contributed by atoms with van der Waals surface area (Å²) in [5.74, 6) is -0.546. The Hall–Kier alpha value is -3.61. The molecule has 1 amide bonds. The number of nitrogens with one attached hydrogen (secondary N) is 2. The first-order valence-electron chi connectivity index (χ1n) is 11.6. The number of pyridine rings is 1. The Bertz CT molecular complexity index is 1440. The predicted octanol–water partition coefficient (Wildman–Crippen LogP) is 6.00. The SMILES string of the molecule is COC(=O)Oc1cc(NC(=O)c2c[nH]c3ccccc3c2=O)c(C(C)(C)C)cc1C(C)(C)COC(=O)OI. The number of methoxy groups -OCH3 is 1. The van der Waals surface area contributed by atoms with Gasteiger partial charge < -0.3 is 27.6 Å². The van der Waals surface area contributed by atoms with E-state index in [2.05, 4.69) is 18.1 Å². The summed E-state index contributed by atoms with van der Waals surface area (Å²) in [5.41, 5.74) is 0.336.